The van der Waals surface area contributed by atoms with Crippen molar-refractivity contribution in [3.63, 3.8) is 0 Å². The molecule has 2 heterocycles. The van der Waals surface area contributed by atoms with Crippen molar-refractivity contribution in [2.45, 2.75) is 23.9 Å². The Labute approximate surface area is 234 Å². The topological polar surface area (TPSA) is 133 Å². The van der Waals surface area contributed by atoms with Gasteiger partial charge >= 0.3 is 0 Å². The maximum absolute atomic E-state index is 13.7. The van der Waals surface area contributed by atoms with E-state index in [-0.39, 0.29) is 11.6 Å². The van der Waals surface area contributed by atoms with Crippen LogP contribution in [-0.2, 0) is 10.5 Å². The molecule has 0 saturated carbocycles. The number of thioether (sulfide) groups is 1. The fourth-order valence-corrected chi connectivity index (χ4v) is 5.18. The maximum Gasteiger partial charge on any atom is 0.269 e. The summed E-state index contributed by atoms with van der Waals surface area (Å²) in [6.07, 6.45) is 0. The van der Waals surface area contributed by atoms with Gasteiger partial charge in [0.1, 0.15) is 6.04 Å². The number of para-hydroxylation sites is 1. The van der Waals surface area contributed by atoms with Crippen LogP contribution in [0.1, 0.15) is 24.1 Å². The molecule has 2 N–H and O–H groups in total. The van der Waals surface area contributed by atoms with Crippen LogP contribution in [0.4, 0.5) is 17.3 Å². The number of aromatic nitrogens is 3. The first-order valence-electron chi connectivity index (χ1n) is 12.3. The third kappa shape index (κ3) is 5.47. The minimum atomic E-state index is -0.610. The van der Waals surface area contributed by atoms with Crippen LogP contribution in [0.25, 0.3) is 0 Å². The molecule has 1 amide bonds. The van der Waals surface area contributed by atoms with Crippen LogP contribution in [0.3, 0.4) is 0 Å². The molecule has 0 saturated heterocycles. The van der Waals surface area contributed by atoms with Crippen LogP contribution in [0, 0.1) is 10.1 Å². The van der Waals surface area contributed by atoms with Gasteiger partial charge in [0.05, 0.1) is 24.7 Å². The molecule has 0 bridgehead atoms. The Kier molecular flexibility index (Phi) is 7.69. The molecule has 0 radical (unpaired) electrons. The minimum Gasteiger partial charge on any atom is -0.493 e. The zero-order valence-electron chi connectivity index (χ0n) is 22.0. The van der Waals surface area contributed by atoms with Crippen molar-refractivity contribution in [2.75, 3.05) is 24.9 Å². The highest BCUT2D eigenvalue weighted by Gasteiger charge is 2.35. The van der Waals surface area contributed by atoms with Crippen LogP contribution >= 0.6 is 11.8 Å². The van der Waals surface area contributed by atoms with E-state index in [1.165, 1.54) is 23.9 Å². The lowest BCUT2D eigenvalue weighted by Gasteiger charge is -2.29. The number of amides is 1. The fourth-order valence-electron chi connectivity index (χ4n) is 4.40. The van der Waals surface area contributed by atoms with E-state index in [1.54, 1.807) is 37.1 Å². The molecule has 4 aromatic rings. The van der Waals surface area contributed by atoms with Crippen molar-refractivity contribution in [3.05, 3.63) is 105 Å². The van der Waals surface area contributed by atoms with Gasteiger partial charge in [-0.05, 0) is 42.3 Å². The number of nitro benzene ring substituents is 1. The van der Waals surface area contributed by atoms with Gasteiger partial charge in [-0.3, -0.25) is 14.9 Å². The van der Waals surface area contributed by atoms with E-state index in [1.807, 2.05) is 49.4 Å². The Morgan fingerprint density at radius 3 is 2.48 bits per heavy atom. The highest BCUT2D eigenvalue weighted by Crippen LogP contribution is 2.40. The van der Waals surface area contributed by atoms with Crippen molar-refractivity contribution in [1.82, 2.24) is 14.8 Å². The summed E-state index contributed by atoms with van der Waals surface area (Å²) in [5.74, 6) is 1.80. The second-order valence-electron chi connectivity index (χ2n) is 8.88. The van der Waals surface area contributed by atoms with Crippen molar-refractivity contribution in [1.29, 1.82) is 0 Å². The highest BCUT2D eigenvalue weighted by molar-refractivity contribution is 7.98. The Bertz CT molecular complexity index is 1590. The molecule has 3 aromatic carbocycles. The van der Waals surface area contributed by atoms with Gasteiger partial charge in [-0.1, -0.05) is 48.2 Å². The van der Waals surface area contributed by atoms with E-state index in [9.17, 15) is 14.9 Å². The van der Waals surface area contributed by atoms with E-state index in [0.29, 0.717) is 45.3 Å². The largest absolute Gasteiger partial charge is 0.493 e. The van der Waals surface area contributed by atoms with E-state index in [4.69, 9.17) is 14.6 Å². The average molecular weight is 559 g/mol. The predicted octanol–water partition coefficient (Wildman–Crippen LogP) is 5.42. The molecular formula is C28H26N6O5S. The van der Waals surface area contributed by atoms with Crippen LogP contribution in [0.5, 0.6) is 11.5 Å². The van der Waals surface area contributed by atoms with Gasteiger partial charge in [-0.25, -0.2) is 4.68 Å². The number of fused-ring (bicyclic) bond motifs is 1. The smallest absolute Gasteiger partial charge is 0.269 e. The fraction of sp³-hybridized carbons (Fsp3) is 0.179. The molecule has 0 fully saturated rings. The molecule has 0 aliphatic carbocycles. The Morgan fingerprint density at radius 1 is 1.07 bits per heavy atom. The Hall–Kier alpha value is -4.84. The van der Waals surface area contributed by atoms with Crippen LogP contribution in [0.15, 0.2) is 89.2 Å². The van der Waals surface area contributed by atoms with Crippen LogP contribution in [0.2, 0.25) is 0 Å². The Balaban J connectivity index is 1.49. The van der Waals surface area contributed by atoms with Crippen molar-refractivity contribution in [3.8, 4) is 11.5 Å². The molecule has 1 aromatic heterocycles. The normalized spacial score (nSPS) is 14.2. The number of carbonyl (C=O) groups excluding carboxylic acids is 1. The number of anilines is 2. The average Bonchev–Trinajstić information content (AvgIpc) is 3.38. The zero-order chi connectivity index (χ0) is 28.2. The molecule has 1 aliphatic heterocycles. The lowest BCUT2D eigenvalue weighted by molar-refractivity contribution is -0.384. The lowest BCUT2D eigenvalue weighted by Crippen LogP contribution is -2.31. The SMILES string of the molecule is COc1ccc(C2C(C(=O)Nc3ccccc3)=C(C)Nc3nc(SCc4ccc([N+](=O)[O-])cc4)nn32)cc1OC. The van der Waals surface area contributed by atoms with E-state index in [0.717, 1.165) is 11.1 Å². The van der Waals surface area contributed by atoms with Gasteiger partial charge < -0.3 is 20.1 Å². The summed E-state index contributed by atoms with van der Waals surface area (Å²) in [4.78, 5) is 28.9. The van der Waals surface area contributed by atoms with E-state index >= 15 is 0 Å². The molecule has 40 heavy (non-hydrogen) atoms. The summed E-state index contributed by atoms with van der Waals surface area (Å²) >= 11 is 1.39. The summed E-state index contributed by atoms with van der Waals surface area (Å²) in [6, 6.07) is 20.5. The number of rotatable bonds is 9. The van der Waals surface area contributed by atoms with Gasteiger partial charge in [-0.2, -0.15) is 4.98 Å². The van der Waals surface area contributed by atoms with Gasteiger partial charge in [0.25, 0.3) is 11.6 Å². The summed E-state index contributed by atoms with van der Waals surface area (Å²) in [5.41, 5.74) is 3.47. The molecular weight excluding hydrogens is 532 g/mol. The van der Waals surface area contributed by atoms with Gasteiger partial charge in [0.15, 0.2) is 11.5 Å². The Morgan fingerprint density at radius 2 is 1.80 bits per heavy atom. The van der Waals surface area contributed by atoms with Crippen molar-refractivity contribution in [2.24, 2.45) is 0 Å². The van der Waals surface area contributed by atoms with Crippen LogP contribution < -0.4 is 20.1 Å². The summed E-state index contributed by atoms with van der Waals surface area (Å²) in [7, 11) is 3.12. The van der Waals surface area contributed by atoms with Crippen molar-refractivity contribution >= 4 is 35.0 Å². The van der Waals surface area contributed by atoms with Crippen LogP contribution in [-0.4, -0.2) is 39.8 Å². The number of hydrogen-bond donors (Lipinski definition) is 2. The number of nitrogens with zero attached hydrogens (tertiary/aromatic N) is 4. The lowest BCUT2D eigenvalue weighted by atomic mass is 9.94. The van der Waals surface area contributed by atoms with Crippen molar-refractivity contribution < 1.29 is 19.2 Å². The number of hydrogen-bond acceptors (Lipinski definition) is 9. The number of nitro groups is 1. The quantitative estimate of drug-likeness (QED) is 0.157. The molecule has 12 heteroatoms. The molecule has 0 spiro atoms. The second kappa shape index (κ2) is 11.5. The first-order valence-corrected chi connectivity index (χ1v) is 13.2. The van der Waals surface area contributed by atoms with E-state index in [2.05, 4.69) is 15.6 Å². The third-order valence-electron chi connectivity index (χ3n) is 6.35. The number of methoxy groups -OCH3 is 2. The molecule has 11 nitrogen and oxygen atoms in total. The first kappa shape index (κ1) is 26.8. The standard InChI is InChI=1S/C28H26N6O5S/c1-17-24(26(35)30-20-7-5-4-6-8-20)25(19-11-14-22(38-2)23(15-19)39-3)33-27(29-17)31-28(32-33)40-16-18-9-12-21(13-10-18)34(36)37/h4-15,25H,16H2,1-3H3,(H,30,35)(H,29,31,32). The van der Waals surface area contributed by atoms with Gasteiger partial charge in [0, 0.05) is 29.3 Å². The molecule has 204 valence electrons. The van der Waals surface area contributed by atoms with E-state index < -0.39 is 11.0 Å². The molecule has 5 rings (SSSR count). The number of nitrogens with one attached hydrogen (secondary N) is 2. The molecule has 1 unspecified atom stereocenters. The summed E-state index contributed by atoms with van der Waals surface area (Å²) in [5, 5.41) is 22.4. The predicted molar refractivity (Wildman–Crippen MR) is 152 cm³/mol. The highest BCUT2D eigenvalue weighted by atomic mass is 32.2. The number of carbonyl (C=O) groups is 1. The third-order valence-corrected chi connectivity index (χ3v) is 7.26. The number of allylic oxidation sites excluding steroid dienone is 1. The first-order chi connectivity index (χ1) is 19.4. The van der Waals surface area contributed by atoms with Gasteiger partial charge in [0.2, 0.25) is 11.1 Å². The number of non-ortho nitro benzene ring substituents is 1. The summed E-state index contributed by atoms with van der Waals surface area (Å²) < 4.78 is 12.6. The zero-order valence-corrected chi connectivity index (χ0v) is 22.8. The minimum absolute atomic E-state index is 0.0363. The monoisotopic (exact) mass is 558 g/mol. The molecule has 1 aliphatic rings. The summed E-state index contributed by atoms with van der Waals surface area (Å²) in [6.45, 7) is 1.83. The maximum atomic E-state index is 13.7. The number of benzene rings is 3. The van der Waals surface area contributed by atoms with Gasteiger partial charge in [-0.15, -0.1) is 5.10 Å². The second-order valence-corrected chi connectivity index (χ2v) is 9.82. The number of ether oxygens (including phenoxy) is 2. The molecule has 1 atom stereocenters.